The molecule has 0 radical (unpaired) electrons. The monoisotopic (exact) mass is 452 g/mol. The van der Waals surface area contributed by atoms with Gasteiger partial charge in [-0.3, -0.25) is 14.5 Å². The summed E-state index contributed by atoms with van der Waals surface area (Å²) in [6.07, 6.45) is 0.210. The van der Waals surface area contributed by atoms with Gasteiger partial charge in [-0.05, 0) is 45.3 Å². The molecule has 3 aromatic rings. The van der Waals surface area contributed by atoms with E-state index in [2.05, 4.69) is 0 Å². The third-order valence-electron chi connectivity index (χ3n) is 5.48. The first-order chi connectivity index (χ1) is 15.5. The van der Waals surface area contributed by atoms with E-state index in [1.165, 1.54) is 11.3 Å². The van der Waals surface area contributed by atoms with E-state index in [0.717, 1.165) is 21.7 Å². The number of likely N-dealkylation sites (N-methyl/N-ethyl adjacent to an activating group) is 1. The minimum Gasteiger partial charge on any atom is -0.492 e. The van der Waals surface area contributed by atoms with E-state index in [4.69, 9.17) is 9.72 Å². The normalized spacial score (nSPS) is 16.2. The molecule has 0 aliphatic carbocycles. The average Bonchev–Trinajstić information content (AvgIpc) is 3.39. The van der Waals surface area contributed by atoms with Crippen LogP contribution in [-0.4, -0.2) is 62.0 Å². The van der Waals surface area contributed by atoms with E-state index in [1.807, 2.05) is 74.4 Å². The SMILES string of the molecule is CCOc1cccc2sc(N(CCN(C)C)C(=O)C3CC(=O)N(c4ccccc4)C3)nc12. The highest BCUT2D eigenvalue weighted by Gasteiger charge is 2.38. The van der Waals surface area contributed by atoms with Gasteiger partial charge >= 0.3 is 0 Å². The fourth-order valence-corrected chi connectivity index (χ4v) is 4.86. The molecule has 4 rings (SSSR count). The third-order valence-corrected chi connectivity index (χ3v) is 6.52. The standard InChI is InChI=1S/C24H28N4O3S/c1-4-31-19-11-8-12-20-22(19)25-24(32-20)27(14-13-26(2)3)23(30)17-15-21(29)28(16-17)18-9-6-5-7-10-18/h5-12,17H,4,13-16H2,1-3H3. The van der Waals surface area contributed by atoms with Gasteiger partial charge in [0.15, 0.2) is 5.13 Å². The van der Waals surface area contributed by atoms with Gasteiger partial charge < -0.3 is 14.5 Å². The van der Waals surface area contributed by atoms with Crippen LogP contribution in [0.15, 0.2) is 48.5 Å². The lowest BCUT2D eigenvalue weighted by atomic mass is 10.1. The molecule has 1 atom stereocenters. The number of carbonyl (C=O) groups excluding carboxylic acids is 2. The van der Waals surface area contributed by atoms with E-state index in [1.54, 1.807) is 9.80 Å². The highest BCUT2D eigenvalue weighted by Crippen LogP contribution is 2.35. The largest absolute Gasteiger partial charge is 0.492 e. The molecule has 2 amide bonds. The molecule has 1 aliphatic heterocycles. The second-order valence-electron chi connectivity index (χ2n) is 8.07. The van der Waals surface area contributed by atoms with Crippen LogP contribution in [0, 0.1) is 5.92 Å². The maximum Gasteiger partial charge on any atom is 0.234 e. The van der Waals surface area contributed by atoms with Gasteiger partial charge in [0.2, 0.25) is 11.8 Å². The van der Waals surface area contributed by atoms with Crippen LogP contribution in [0.3, 0.4) is 0 Å². The number of rotatable bonds is 8. The summed E-state index contributed by atoms with van der Waals surface area (Å²) in [5, 5.41) is 0.643. The number of amides is 2. The van der Waals surface area contributed by atoms with Crippen LogP contribution in [0.5, 0.6) is 5.75 Å². The molecule has 7 nitrogen and oxygen atoms in total. The number of ether oxygens (including phenoxy) is 1. The Morgan fingerprint density at radius 3 is 2.66 bits per heavy atom. The predicted octanol–water partition coefficient (Wildman–Crippen LogP) is 3.64. The molecular formula is C24H28N4O3S. The van der Waals surface area contributed by atoms with Crippen molar-refractivity contribution in [1.82, 2.24) is 9.88 Å². The van der Waals surface area contributed by atoms with Crippen molar-refractivity contribution in [3.8, 4) is 5.75 Å². The molecule has 0 spiro atoms. The van der Waals surface area contributed by atoms with Gasteiger partial charge in [-0.15, -0.1) is 0 Å². The summed E-state index contributed by atoms with van der Waals surface area (Å²) >= 11 is 1.48. The molecule has 168 valence electrons. The molecule has 0 N–H and O–H groups in total. The number of anilines is 2. The molecule has 32 heavy (non-hydrogen) atoms. The quantitative estimate of drug-likeness (QED) is 0.522. The Morgan fingerprint density at radius 1 is 1.16 bits per heavy atom. The van der Waals surface area contributed by atoms with Crippen LogP contribution in [0.4, 0.5) is 10.8 Å². The van der Waals surface area contributed by atoms with Crippen molar-refractivity contribution >= 4 is 44.2 Å². The van der Waals surface area contributed by atoms with Crippen LogP contribution in [0.2, 0.25) is 0 Å². The lowest BCUT2D eigenvalue weighted by Gasteiger charge is -2.24. The zero-order valence-electron chi connectivity index (χ0n) is 18.7. The zero-order valence-corrected chi connectivity index (χ0v) is 19.5. The third kappa shape index (κ3) is 4.61. The molecular weight excluding hydrogens is 424 g/mol. The van der Waals surface area contributed by atoms with Gasteiger partial charge in [0.1, 0.15) is 11.3 Å². The summed E-state index contributed by atoms with van der Waals surface area (Å²) in [4.78, 5) is 36.6. The molecule has 1 fully saturated rings. The Hall–Kier alpha value is -2.97. The Bertz CT molecular complexity index is 1100. The van der Waals surface area contributed by atoms with Crippen LogP contribution < -0.4 is 14.5 Å². The van der Waals surface area contributed by atoms with Crippen molar-refractivity contribution in [2.75, 3.05) is 50.1 Å². The number of aromatic nitrogens is 1. The first kappa shape index (κ1) is 22.2. The average molecular weight is 453 g/mol. The molecule has 0 bridgehead atoms. The smallest absolute Gasteiger partial charge is 0.234 e. The van der Waals surface area contributed by atoms with E-state index in [-0.39, 0.29) is 18.2 Å². The summed E-state index contributed by atoms with van der Waals surface area (Å²) in [5.41, 5.74) is 1.60. The number of benzene rings is 2. The Kier molecular flexibility index (Phi) is 6.72. The molecule has 8 heteroatoms. The van der Waals surface area contributed by atoms with Crippen LogP contribution in [0.1, 0.15) is 13.3 Å². The van der Waals surface area contributed by atoms with E-state index in [0.29, 0.717) is 31.4 Å². The van der Waals surface area contributed by atoms with E-state index >= 15 is 0 Å². The Labute approximate surface area is 192 Å². The van der Waals surface area contributed by atoms with E-state index < -0.39 is 5.92 Å². The van der Waals surface area contributed by atoms with Crippen molar-refractivity contribution in [1.29, 1.82) is 0 Å². The molecule has 1 aliphatic rings. The highest BCUT2D eigenvalue weighted by atomic mass is 32.1. The van der Waals surface area contributed by atoms with Crippen LogP contribution in [-0.2, 0) is 9.59 Å². The summed E-state index contributed by atoms with van der Waals surface area (Å²) < 4.78 is 6.70. The maximum atomic E-state index is 13.6. The molecule has 2 aromatic carbocycles. The van der Waals surface area contributed by atoms with Crippen molar-refractivity contribution in [3.63, 3.8) is 0 Å². The number of para-hydroxylation sites is 2. The highest BCUT2D eigenvalue weighted by molar-refractivity contribution is 7.22. The number of hydrogen-bond acceptors (Lipinski definition) is 6. The van der Waals surface area contributed by atoms with E-state index in [9.17, 15) is 9.59 Å². The number of fused-ring (bicyclic) bond motifs is 1. The second kappa shape index (κ2) is 9.67. The summed E-state index contributed by atoms with van der Waals surface area (Å²) in [6.45, 7) is 4.08. The zero-order chi connectivity index (χ0) is 22.7. The van der Waals surface area contributed by atoms with Gasteiger partial charge in [0.25, 0.3) is 0 Å². The minimum absolute atomic E-state index is 0.0231. The first-order valence-corrected chi connectivity index (χ1v) is 11.6. The van der Waals surface area contributed by atoms with Crippen molar-refractivity contribution in [3.05, 3.63) is 48.5 Å². The maximum absolute atomic E-state index is 13.6. The molecule has 1 saturated heterocycles. The minimum atomic E-state index is -0.400. The molecule has 2 heterocycles. The Balaban J connectivity index is 1.62. The van der Waals surface area contributed by atoms with Gasteiger partial charge in [0, 0.05) is 31.7 Å². The molecule has 1 aromatic heterocycles. The van der Waals surface area contributed by atoms with Gasteiger partial charge in [0.05, 0.1) is 17.2 Å². The summed E-state index contributed by atoms with van der Waals surface area (Å²) in [7, 11) is 3.95. The van der Waals surface area contributed by atoms with Crippen molar-refractivity contribution in [2.24, 2.45) is 5.92 Å². The predicted molar refractivity (Wildman–Crippen MR) is 129 cm³/mol. The van der Waals surface area contributed by atoms with Gasteiger partial charge in [-0.2, -0.15) is 0 Å². The fraction of sp³-hybridized carbons (Fsp3) is 0.375. The lowest BCUT2D eigenvalue weighted by molar-refractivity contribution is -0.124. The van der Waals surface area contributed by atoms with Crippen LogP contribution in [0.25, 0.3) is 10.2 Å². The summed E-state index contributed by atoms with van der Waals surface area (Å²) in [5.74, 6) is 0.239. The van der Waals surface area contributed by atoms with Gasteiger partial charge in [-0.1, -0.05) is 35.6 Å². The summed E-state index contributed by atoms with van der Waals surface area (Å²) in [6, 6.07) is 15.3. The van der Waals surface area contributed by atoms with Crippen LogP contribution >= 0.6 is 11.3 Å². The number of thiazole rings is 1. The number of carbonyl (C=O) groups is 2. The number of nitrogens with zero attached hydrogens (tertiary/aromatic N) is 4. The topological polar surface area (TPSA) is 66.0 Å². The molecule has 0 saturated carbocycles. The van der Waals surface area contributed by atoms with Crippen molar-refractivity contribution < 1.29 is 14.3 Å². The first-order valence-electron chi connectivity index (χ1n) is 10.8. The number of hydrogen-bond donors (Lipinski definition) is 0. The van der Waals surface area contributed by atoms with Crippen molar-refractivity contribution in [2.45, 2.75) is 13.3 Å². The van der Waals surface area contributed by atoms with Gasteiger partial charge in [-0.25, -0.2) is 4.98 Å². The second-order valence-corrected chi connectivity index (χ2v) is 9.08. The lowest BCUT2D eigenvalue weighted by Crippen LogP contribution is -2.41. The fourth-order valence-electron chi connectivity index (χ4n) is 3.85. The Morgan fingerprint density at radius 2 is 1.94 bits per heavy atom. The molecule has 1 unspecified atom stereocenters.